The first-order valence-electron chi connectivity index (χ1n) is 23.6. The molecule has 0 radical (unpaired) electrons. The highest BCUT2D eigenvalue weighted by molar-refractivity contribution is 7.47. The Morgan fingerprint density at radius 2 is 1.02 bits per heavy atom. The van der Waals surface area contributed by atoms with Gasteiger partial charge in [0.25, 0.3) is 0 Å². The van der Waals surface area contributed by atoms with Gasteiger partial charge in [0.1, 0.15) is 43.2 Å². The average Bonchev–Trinajstić information content (AvgIpc) is 4.01. The quantitative estimate of drug-likeness (QED) is 0.0114. The number of carbonyl (C=O) groups excluding carboxylic acids is 2. The Labute approximate surface area is 371 Å². The van der Waals surface area contributed by atoms with E-state index >= 15 is 0 Å². The van der Waals surface area contributed by atoms with E-state index in [1.54, 1.807) is 0 Å². The second-order valence-electron chi connectivity index (χ2n) is 16.6. The zero-order valence-corrected chi connectivity index (χ0v) is 38.5. The summed E-state index contributed by atoms with van der Waals surface area (Å²) in [5.41, 5.74) is 0. The summed E-state index contributed by atoms with van der Waals surface area (Å²) in [6.45, 7) is 3.19. The van der Waals surface area contributed by atoms with Gasteiger partial charge in [0.2, 0.25) is 0 Å². The molecule has 2 aliphatic rings. The predicted molar refractivity (Wildman–Crippen MR) is 239 cm³/mol. The second kappa shape index (κ2) is 34.2. The van der Waals surface area contributed by atoms with Gasteiger partial charge in [-0.2, -0.15) is 0 Å². The van der Waals surface area contributed by atoms with E-state index in [-0.39, 0.29) is 25.0 Å². The van der Waals surface area contributed by atoms with Crippen LogP contribution in [-0.4, -0.2) is 111 Å². The second-order valence-corrected chi connectivity index (χ2v) is 18.0. The fraction of sp³-hybridized carbons (Fsp3) is 0.787. The Kier molecular flexibility index (Phi) is 30.8. The van der Waals surface area contributed by atoms with E-state index in [4.69, 9.17) is 23.3 Å². The molecule has 358 valence electrons. The fourth-order valence-electron chi connectivity index (χ4n) is 7.08. The minimum Gasteiger partial charge on any atom is -0.462 e. The van der Waals surface area contributed by atoms with Crippen molar-refractivity contribution >= 4 is 19.8 Å². The highest BCUT2D eigenvalue weighted by Crippen LogP contribution is 2.47. The lowest BCUT2D eigenvalue weighted by Crippen LogP contribution is -2.64. The number of allylic oxidation sites excluding steroid dienone is 6. The molecule has 1 saturated carbocycles. The molecule has 1 aliphatic carbocycles. The van der Waals surface area contributed by atoms with Crippen molar-refractivity contribution in [1.82, 2.24) is 0 Å². The van der Waals surface area contributed by atoms with Crippen LogP contribution in [0.2, 0.25) is 0 Å². The predicted octanol–water partition coefficient (Wildman–Crippen LogP) is 8.16. The minimum absolute atomic E-state index is 0.0704. The Hall–Kier alpha value is -2.23. The van der Waals surface area contributed by atoms with E-state index in [1.165, 1.54) is 57.8 Å². The zero-order chi connectivity index (χ0) is 45.4. The van der Waals surface area contributed by atoms with Gasteiger partial charge in [0, 0.05) is 12.8 Å². The molecule has 14 nitrogen and oxygen atoms in total. The molecule has 1 saturated heterocycles. The van der Waals surface area contributed by atoms with Gasteiger partial charge >= 0.3 is 19.8 Å². The molecular weight excluding hydrogens is 819 g/mol. The van der Waals surface area contributed by atoms with Crippen molar-refractivity contribution in [1.29, 1.82) is 0 Å². The molecular formula is C47H81O14P. The lowest BCUT2D eigenvalue weighted by atomic mass is 9.85. The number of epoxide rings is 1. The summed E-state index contributed by atoms with van der Waals surface area (Å²) in [5, 5.41) is 50.2. The Bertz CT molecular complexity index is 1340. The van der Waals surface area contributed by atoms with Crippen molar-refractivity contribution in [2.24, 2.45) is 0 Å². The number of rotatable bonds is 37. The van der Waals surface area contributed by atoms with Gasteiger partial charge < -0.3 is 44.6 Å². The molecule has 2 rings (SSSR count). The molecule has 62 heavy (non-hydrogen) atoms. The monoisotopic (exact) mass is 901 g/mol. The van der Waals surface area contributed by atoms with Crippen LogP contribution in [0.5, 0.6) is 0 Å². The van der Waals surface area contributed by atoms with E-state index in [0.29, 0.717) is 19.3 Å². The number of hydrogen-bond acceptors (Lipinski definition) is 13. The van der Waals surface area contributed by atoms with Crippen molar-refractivity contribution in [3.63, 3.8) is 0 Å². The smallest absolute Gasteiger partial charge is 0.462 e. The van der Waals surface area contributed by atoms with Gasteiger partial charge in [-0.15, -0.1) is 0 Å². The number of phosphoric acid groups is 1. The first kappa shape index (κ1) is 55.9. The molecule has 6 N–H and O–H groups in total. The minimum atomic E-state index is -5.14. The van der Waals surface area contributed by atoms with Gasteiger partial charge in [0.05, 0.1) is 18.8 Å². The number of aliphatic hydroxyl groups excluding tert-OH is 5. The third-order valence-electron chi connectivity index (χ3n) is 11.0. The summed E-state index contributed by atoms with van der Waals surface area (Å²) < 4.78 is 39.3. The van der Waals surface area contributed by atoms with Crippen LogP contribution >= 0.6 is 7.82 Å². The Morgan fingerprint density at radius 3 is 1.65 bits per heavy atom. The standard InChI is InChI=1S/C47H81O14P/c1-3-5-7-9-11-13-14-15-16-17-18-20-22-24-30-34-41(49)59-37(36-58-62(55,56)61-47-45(53)43(51)42(50)44(52)46(47)54)35-57-40(48)33-29-26-25-28-32-39-38(60-39)31-27-23-21-19-12-10-8-6-4-2/h12,15-16,19,23,25,27-28,37-39,42-47,50-54H,3-11,13-14,17-18,20-22,24,26,29-36H2,1-2H3,(H,55,56)/b16-15-,19-12-,27-23-,28-25-/t37-,38?,39?,42?,43-,44+,45-,46-,47?/m1/s1. The molecule has 1 heterocycles. The van der Waals surface area contributed by atoms with E-state index < -0.39 is 75.7 Å². The summed E-state index contributed by atoms with van der Waals surface area (Å²) in [6, 6.07) is 0. The molecule has 2 fully saturated rings. The Morgan fingerprint density at radius 1 is 0.565 bits per heavy atom. The maximum absolute atomic E-state index is 12.8. The van der Waals surface area contributed by atoms with Crippen molar-refractivity contribution in [3.8, 4) is 0 Å². The van der Waals surface area contributed by atoms with Crippen LogP contribution in [0.4, 0.5) is 0 Å². The maximum Gasteiger partial charge on any atom is 0.472 e. The molecule has 0 bridgehead atoms. The van der Waals surface area contributed by atoms with Crippen LogP contribution in [0, 0.1) is 0 Å². The molecule has 15 heteroatoms. The van der Waals surface area contributed by atoms with Crippen LogP contribution in [0.15, 0.2) is 48.6 Å². The van der Waals surface area contributed by atoms with E-state index in [2.05, 4.69) is 50.3 Å². The number of hydrogen-bond donors (Lipinski definition) is 6. The van der Waals surface area contributed by atoms with Crippen LogP contribution in [0.25, 0.3) is 0 Å². The number of phosphoric ester groups is 1. The number of unbranched alkanes of at least 4 members (excludes halogenated alkanes) is 15. The third kappa shape index (κ3) is 25.9. The molecule has 0 amide bonds. The molecule has 0 aromatic rings. The Balaban J connectivity index is 1.74. The molecule has 10 atom stereocenters. The third-order valence-corrected chi connectivity index (χ3v) is 12.0. The number of carbonyl (C=O) groups is 2. The van der Waals surface area contributed by atoms with Gasteiger partial charge in [0.15, 0.2) is 6.10 Å². The summed E-state index contributed by atoms with van der Waals surface area (Å²) >= 11 is 0. The topological polar surface area (TPSA) is 222 Å². The molecule has 1 aliphatic heterocycles. The van der Waals surface area contributed by atoms with Gasteiger partial charge in [-0.1, -0.05) is 127 Å². The zero-order valence-electron chi connectivity index (χ0n) is 37.6. The first-order valence-corrected chi connectivity index (χ1v) is 25.1. The normalized spacial score (nSPS) is 25.5. The molecule has 5 unspecified atom stereocenters. The maximum atomic E-state index is 12.8. The van der Waals surface area contributed by atoms with Crippen LogP contribution in [-0.2, 0) is 37.4 Å². The van der Waals surface area contributed by atoms with Crippen LogP contribution in [0.3, 0.4) is 0 Å². The molecule has 0 spiro atoms. The summed E-state index contributed by atoms with van der Waals surface area (Å²) in [5.74, 6) is -1.18. The van der Waals surface area contributed by atoms with Crippen molar-refractivity contribution in [3.05, 3.63) is 48.6 Å². The number of esters is 2. The van der Waals surface area contributed by atoms with Crippen molar-refractivity contribution in [2.75, 3.05) is 13.2 Å². The summed E-state index contributed by atoms with van der Waals surface area (Å²) in [4.78, 5) is 35.7. The molecule has 0 aromatic heterocycles. The van der Waals surface area contributed by atoms with E-state index in [9.17, 15) is 44.6 Å². The van der Waals surface area contributed by atoms with E-state index in [0.717, 1.165) is 64.2 Å². The van der Waals surface area contributed by atoms with Crippen LogP contribution in [0.1, 0.15) is 168 Å². The molecule has 0 aromatic carbocycles. The van der Waals surface area contributed by atoms with Crippen molar-refractivity contribution in [2.45, 2.75) is 223 Å². The van der Waals surface area contributed by atoms with Gasteiger partial charge in [-0.3, -0.25) is 18.6 Å². The SMILES string of the molecule is CCCCC/C=C\C/C=C\CC1OC1C/C=C\CCCC(=O)OC[C@H](COP(=O)(O)OC1[C@H](O)[C@H](O)C(O)[C@H](O)[C@H]1O)OC(=O)CCCCCCC/C=C\CCCCCCCC. The van der Waals surface area contributed by atoms with Crippen molar-refractivity contribution < 1.29 is 67.8 Å². The van der Waals surface area contributed by atoms with Gasteiger partial charge in [-0.25, -0.2) is 4.57 Å². The van der Waals surface area contributed by atoms with Gasteiger partial charge in [-0.05, 0) is 77.0 Å². The average molecular weight is 901 g/mol. The summed E-state index contributed by atoms with van der Waals surface area (Å²) in [6.07, 6.45) is 27.6. The van der Waals surface area contributed by atoms with Crippen LogP contribution < -0.4 is 0 Å². The first-order chi connectivity index (χ1) is 29.9. The number of aliphatic hydroxyl groups is 5. The lowest BCUT2D eigenvalue weighted by Gasteiger charge is -2.41. The highest BCUT2D eigenvalue weighted by Gasteiger charge is 2.51. The van der Waals surface area contributed by atoms with E-state index in [1.807, 2.05) is 12.2 Å². The largest absolute Gasteiger partial charge is 0.472 e. The number of ether oxygens (including phenoxy) is 3. The lowest BCUT2D eigenvalue weighted by molar-refractivity contribution is -0.220. The highest BCUT2D eigenvalue weighted by atomic mass is 31.2. The fourth-order valence-corrected chi connectivity index (χ4v) is 8.05. The summed E-state index contributed by atoms with van der Waals surface area (Å²) in [7, 11) is -5.14.